The number of hydrogen-bond donors (Lipinski definition) is 2. The molecule has 0 radical (unpaired) electrons. The van der Waals surface area contributed by atoms with Crippen LogP contribution in [0.25, 0.3) is 11.3 Å². The number of rotatable bonds is 6. The van der Waals surface area contributed by atoms with E-state index in [1.807, 2.05) is 18.5 Å². The summed E-state index contributed by atoms with van der Waals surface area (Å²) in [5.74, 6) is 0.666. The summed E-state index contributed by atoms with van der Waals surface area (Å²) in [7, 11) is 1.84. The molecule has 7 heteroatoms. The van der Waals surface area contributed by atoms with E-state index < -0.39 is 0 Å². The minimum absolute atomic E-state index is 0.0346. The zero-order chi connectivity index (χ0) is 16.9. The van der Waals surface area contributed by atoms with E-state index >= 15 is 0 Å². The van der Waals surface area contributed by atoms with Gasteiger partial charge < -0.3 is 11.1 Å². The van der Waals surface area contributed by atoms with Crippen molar-refractivity contribution in [1.29, 1.82) is 0 Å². The van der Waals surface area contributed by atoms with Gasteiger partial charge in [0.25, 0.3) is 5.91 Å². The summed E-state index contributed by atoms with van der Waals surface area (Å²) in [5, 5.41) is 12.9. The third-order valence-corrected chi connectivity index (χ3v) is 5.72. The highest BCUT2D eigenvalue weighted by Gasteiger charge is 2.21. The number of thiophene rings is 1. The van der Waals surface area contributed by atoms with Gasteiger partial charge in [-0.1, -0.05) is 37.3 Å². The van der Waals surface area contributed by atoms with Gasteiger partial charge in [-0.2, -0.15) is 0 Å². The van der Waals surface area contributed by atoms with E-state index in [0.717, 1.165) is 17.7 Å². The molecule has 2 heterocycles. The molecule has 1 fully saturated rings. The Labute approximate surface area is 146 Å². The van der Waals surface area contributed by atoms with E-state index in [-0.39, 0.29) is 11.9 Å². The molecule has 1 unspecified atom stereocenters. The highest BCUT2D eigenvalue weighted by molar-refractivity contribution is 7.12. The molecule has 3 rings (SSSR count). The van der Waals surface area contributed by atoms with Crippen LogP contribution in [0.15, 0.2) is 17.6 Å². The molecule has 0 spiro atoms. The first kappa shape index (κ1) is 17.1. The maximum absolute atomic E-state index is 12.5. The molecule has 1 aliphatic carbocycles. The number of nitrogens with two attached hydrogens (primary N) is 1. The lowest BCUT2D eigenvalue weighted by Gasteiger charge is -2.26. The van der Waals surface area contributed by atoms with Gasteiger partial charge in [-0.25, -0.2) is 4.68 Å². The van der Waals surface area contributed by atoms with Crippen LogP contribution in [0, 0.1) is 5.92 Å². The summed E-state index contributed by atoms with van der Waals surface area (Å²) in [6.45, 7) is 0.492. The van der Waals surface area contributed by atoms with E-state index in [1.54, 1.807) is 10.9 Å². The smallest absolute Gasteiger partial charge is 0.261 e. The van der Waals surface area contributed by atoms with Crippen LogP contribution in [-0.2, 0) is 7.05 Å². The van der Waals surface area contributed by atoms with Crippen molar-refractivity contribution >= 4 is 17.2 Å². The van der Waals surface area contributed by atoms with Gasteiger partial charge in [0.2, 0.25) is 0 Å². The second-order valence-corrected chi connectivity index (χ2v) is 7.50. The van der Waals surface area contributed by atoms with Crippen molar-refractivity contribution in [3.63, 3.8) is 0 Å². The molecule has 24 heavy (non-hydrogen) atoms. The second-order valence-electron chi connectivity index (χ2n) is 6.59. The number of amides is 1. The molecule has 1 aliphatic rings. The standard InChI is InChI=1S/C17H25N5OS/c1-22-15(10-19-21-22)13-8-16(24-11-13)17(23)20-14(9-18)7-12-5-3-2-4-6-12/h8,10-12,14H,2-7,9,18H2,1H3,(H,20,23). The Kier molecular flexibility index (Phi) is 5.63. The van der Waals surface area contributed by atoms with Crippen molar-refractivity contribution in [2.24, 2.45) is 18.7 Å². The molecule has 2 aromatic rings. The molecular weight excluding hydrogens is 322 g/mol. The zero-order valence-electron chi connectivity index (χ0n) is 14.1. The van der Waals surface area contributed by atoms with Gasteiger partial charge >= 0.3 is 0 Å². The van der Waals surface area contributed by atoms with Gasteiger partial charge in [0.05, 0.1) is 16.8 Å². The Hall–Kier alpha value is -1.73. The van der Waals surface area contributed by atoms with Gasteiger partial charge in [0, 0.05) is 30.6 Å². The lowest BCUT2D eigenvalue weighted by molar-refractivity contribution is 0.0934. The fourth-order valence-electron chi connectivity index (χ4n) is 3.44. The van der Waals surface area contributed by atoms with Crippen molar-refractivity contribution in [2.75, 3.05) is 6.54 Å². The summed E-state index contributed by atoms with van der Waals surface area (Å²) in [6.07, 6.45) is 9.19. The predicted molar refractivity (Wildman–Crippen MR) is 95.8 cm³/mol. The maximum atomic E-state index is 12.5. The van der Waals surface area contributed by atoms with Crippen LogP contribution in [0.1, 0.15) is 48.2 Å². The highest BCUT2D eigenvalue weighted by atomic mass is 32.1. The average molecular weight is 347 g/mol. The number of carbonyl (C=O) groups is 1. The van der Waals surface area contributed by atoms with E-state index in [4.69, 9.17) is 5.73 Å². The van der Waals surface area contributed by atoms with Crippen LogP contribution in [0.3, 0.4) is 0 Å². The van der Waals surface area contributed by atoms with Crippen LogP contribution >= 0.6 is 11.3 Å². The Bertz CT molecular complexity index is 674. The van der Waals surface area contributed by atoms with E-state index in [9.17, 15) is 4.79 Å². The molecule has 1 atom stereocenters. The quantitative estimate of drug-likeness (QED) is 0.841. The third kappa shape index (κ3) is 4.02. The van der Waals surface area contributed by atoms with Crippen LogP contribution in [0.2, 0.25) is 0 Å². The molecular formula is C17H25N5OS. The summed E-state index contributed by atoms with van der Waals surface area (Å²) in [6, 6.07) is 1.96. The lowest BCUT2D eigenvalue weighted by atomic mass is 9.85. The van der Waals surface area contributed by atoms with Gasteiger partial charge in [-0.05, 0) is 18.4 Å². The molecule has 0 aromatic carbocycles. The van der Waals surface area contributed by atoms with Gasteiger partial charge in [0.15, 0.2) is 0 Å². The first-order chi connectivity index (χ1) is 11.7. The Morgan fingerprint density at radius 1 is 1.46 bits per heavy atom. The number of hydrogen-bond acceptors (Lipinski definition) is 5. The highest BCUT2D eigenvalue weighted by Crippen LogP contribution is 2.28. The van der Waals surface area contributed by atoms with Crippen molar-refractivity contribution in [2.45, 2.75) is 44.6 Å². The van der Waals surface area contributed by atoms with Crippen molar-refractivity contribution in [3.05, 3.63) is 22.5 Å². The number of nitrogens with one attached hydrogen (secondary N) is 1. The first-order valence-electron chi connectivity index (χ1n) is 8.62. The Balaban J connectivity index is 1.61. The molecule has 3 N–H and O–H groups in total. The average Bonchev–Trinajstić information content (AvgIpc) is 3.23. The number of carbonyl (C=O) groups excluding carboxylic acids is 1. The van der Waals surface area contributed by atoms with Gasteiger partial charge in [-0.3, -0.25) is 4.79 Å². The molecule has 0 bridgehead atoms. The van der Waals surface area contributed by atoms with Crippen molar-refractivity contribution in [3.8, 4) is 11.3 Å². The Morgan fingerprint density at radius 2 is 2.25 bits per heavy atom. The van der Waals surface area contributed by atoms with Crippen molar-refractivity contribution in [1.82, 2.24) is 20.3 Å². The predicted octanol–water partition coefficient (Wildman–Crippen LogP) is 2.57. The monoisotopic (exact) mass is 347 g/mol. The van der Waals surface area contributed by atoms with Crippen LogP contribution in [0.5, 0.6) is 0 Å². The molecule has 6 nitrogen and oxygen atoms in total. The van der Waals surface area contributed by atoms with Gasteiger partial charge in [-0.15, -0.1) is 16.4 Å². The summed E-state index contributed by atoms with van der Waals surface area (Å²) in [5.41, 5.74) is 7.76. The zero-order valence-corrected chi connectivity index (χ0v) is 14.9. The first-order valence-corrected chi connectivity index (χ1v) is 9.50. The SMILES string of the molecule is Cn1nncc1-c1csc(C(=O)NC(CN)CC2CCCCC2)c1. The molecule has 2 aromatic heterocycles. The van der Waals surface area contributed by atoms with Crippen LogP contribution in [-0.4, -0.2) is 33.5 Å². The number of nitrogens with zero attached hydrogens (tertiary/aromatic N) is 3. The molecule has 0 saturated heterocycles. The minimum Gasteiger partial charge on any atom is -0.347 e. The summed E-state index contributed by atoms with van der Waals surface area (Å²) >= 11 is 1.44. The largest absolute Gasteiger partial charge is 0.347 e. The molecule has 1 saturated carbocycles. The molecule has 0 aliphatic heterocycles. The summed E-state index contributed by atoms with van der Waals surface area (Å²) < 4.78 is 1.70. The summed E-state index contributed by atoms with van der Waals surface area (Å²) in [4.78, 5) is 13.2. The Morgan fingerprint density at radius 3 is 2.92 bits per heavy atom. The maximum Gasteiger partial charge on any atom is 0.261 e. The van der Waals surface area contributed by atoms with Crippen LogP contribution < -0.4 is 11.1 Å². The molecule has 130 valence electrons. The minimum atomic E-state index is -0.0346. The normalized spacial score (nSPS) is 16.9. The number of aryl methyl sites for hydroxylation is 1. The third-order valence-electron chi connectivity index (χ3n) is 4.80. The van der Waals surface area contributed by atoms with E-state index in [2.05, 4.69) is 15.6 Å². The fourth-order valence-corrected chi connectivity index (χ4v) is 4.24. The fraction of sp³-hybridized carbons (Fsp3) is 0.588. The number of aromatic nitrogens is 3. The van der Waals surface area contributed by atoms with Gasteiger partial charge in [0.1, 0.15) is 0 Å². The van der Waals surface area contributed by atoms with Crippen LogP contribution in [0.4, 0.5) is 0 Å². The van der Waals surface area contributed by atoms with Crippen molar-refractivity contribution < 1.29 is 4.79 Å². The molecule has 1 amide bonds. The topological polar surface area (TPSA) is 85.8 Å². The van der Waals surface area contributed by atoms with E-state index in [1.165, 1.54) is 43.4 Å². The van der Waals surface area contributed by atoms with E-state index in [0.29, 0.717) is 17.3 Å². The second kappa shape index (κ2) is 7.90. The lowest BCUT2D eigenvalue weighted by Crippen LogP contribution is -2.41.